The number of anilines is 1. The molecule has 4 N–H and O–H groups in total. The standard InChI is InChI=1S/C17H23N3O3/c18-17(23)20-10-14(21)9-15(20)16(22)19-13-7-6-11-4-2-1-3-5-12(11)8-13/h6-8,14-15,21H,1-5,9-10H2,(H2,18,23)(H,19,22)/t14-,15+/m0/s1. The lowest BCUT2D eigenvalue weighted by molar-refractivity contribution is -0.119. The number of hydrogen-bond donors (Lipinski definition) is 3. The lowest BCUT2D eigenvalue weighted by atomic mass is 10.0. The molecule has 0 spiro atoms. The summed E-state index contributed by atoms with van der Waals surface area (Å²) in [4.78, 5) is 25.1. The molecule has 1 aliphatic carbocycles. The van der Waals surface area contributed by atoms with Gasteiger partial charge in [0.25, 0.3) is 0 Å². The minimum atomic E-state index is -0.707. The Labute approximate surface area is 135 Å². The van der Waals surface area contributed by atoms with Gasteiger partial charge in [0.1, 0.15) is 6.04 Å². The first kappa shape index (κ1) is 15.8. The molecule has 2 aliphatic rings. The smallest absolute Gasteiger partial charge is 0.315 e. The number of aliphatic hydroxyl groups is 1. The number of amides is 3. The van der Waals surface area contributed by atoms with Crippen LogP contribution in [0.1, 0.15) is 36.8 Å². The van der Waals surface area contributed by atoms with Crippen molar-refractivity contribution < 1.29 is 14.7 Å². The van der Waals surface area contributed by atoms with E-state index in [-0.39, 0.29) is 18.9 Å². The van der Waals surface area contributed by atoms with Gasteiger partial charge in [-0.3, -0.25) is 4.79 Å². The minimum Gasteiger partial charge on any atom is -0.391 e. The molecule has 6 nitrogen and oxygen atoms in total. The van der Waals surface area contributed by atoms with Crippen LogP contribution in [0.2, 0.25) is 0 Å². The monoisotopic (exact) mass is 317 g/mol. The maximum Gasteiger partial charge on any atom is 0.315 e. The van der Waals surface area contributed by atoms with Crippen LogP contribution in [-0.2, 0) is 17.6 Å². The van der Waals surface area contributed by atoms with Gasteiger partial charge < -0.3 is 21.1 Å². The van der Waals surface area contributed by atoms with Crippen molar-refractivity contribution in [2.24, 2.45) is 5.73 Å². The van der Waals surface area contributed by atoms with Crippen LogP contribution in [0.25, 0.3) is 0 Å². The lowest BCUT2D eigenvalue weighted by Gasteiger charge is -2.21. The number of carbonyl (C=O) groups is 2. The zero-order valence-electron chi connectivity index (χ0n) is 13.1. The van der Waals surface area contributed by atoms with Gasteiger partial charge in [0, 0.05) is 18.7 Å². The van der Waals surface area contributed by atoms with Gasteiger partial charge in [-0.1, -0.05) is 12.5 Å². The fourth-order valence-electron chi connectivity index (χ4n) is 3.52. The van der Waals surface area contributed by atoms with E-state index in [9.17, 15) is 14.7 Å². The molecule has 1 aliphatic heterocycles. The van der Waals surface area contributed by atoms with Gasteiger partial charge in [0.15, 0.2) is 0 Å². The number of nitrogens with one attached hydrogen (secondary N) is 1. The van der Waals surface area contributed by atoms with E-state index in [0.717, 1.165) is 18.5 Å². The fourth-order valence-corrected chi connectivity index (χ4v) is 3.52. The molecule has 0 saturated carbocycles. The summed E-state index contributed by atoms with van der Waals surface area (Å²) in [5, 5.41) is 12.6. The Morgan fingerprint density at radius 1 is 1.17 bits per heavy atom. The second-order valence-electron chi connectivity index (χ2n) is 6.43. The molecule has 1 fully saturated rings. The van der Waals surface area contributed by atoms with Gasteiger partial charge in [-0.2, -0.15) is 0 Å². The number of nitrogens with two attached hydrogens (primary N) is 1. The summed E-state index contributed by atoms with van der Waals surface area (Å²) in [5.74, 6) is -0.297. The van der Waals surface area contributed by atoms with Crippen molar-refractivity contribution in [1.82, 2.24) is 4.90 Å². The zero-order chi connectivity index (χ0) is 16.4. The number of likely N-dealkylation sites (tertiary alicyclic amines) is 1. The minimum absolute atomic E-state index is 0.109. The van der Waals surface area contributed by atoms with Gasteiger partial charge >= 0.3 is 6.03 Å². The van der Waals surface area contributed by atoms with E-state index in [1.165, 1.54) is 35.3 Å². The molecule has 0 bridgehead atoms. The molecule has 0 unspecified atom stereocenters. The van der Waals surface area contributed by atoms with E-state index in [1.54, 1.807) is 0 Å². The summed E-state index contributed by atoms with van der Waals surface area (Å²) in [7, 11) is 0. The molecule has 2 atom stereocenters. The van der Waals surface area contributed by atoms with Gasteiger partial charge in [0.2, 0.25) is 5.91 Å². The van der Waals surface area contributed by atoms with E-state index in [4.69, 9.17) is 5.73 Å². The SMILES string of the molecule is NC(=O)N1C[C@@H](O)C[C@@H]1C(=O)Nc1ccc2c(c1)CCCCC2. The third kappa shape index (κ3) is 3.47. The Bertz CT molecular complexity index is 617. The summed E-state index contributed by atoms with van der Waals surface area (Å²) in [6.07, 6.45) is 5.28. The molecule has 1 heterocycles. The number of carbonyl (C=O) groups excluding carboxylic acids is 2. The van der Waals surface area contributed by atoms with Gasteiger partial charge in [-0.25, -0.2) is 4.79 Å². The van der Waals surface area contributed by atoms with Crippen molar-refractivity contribution in [3.05, 3.63) is 29.3 Å². The number of urea groups is 1. The average Bonchev–Trinajstić information content (AvgIpc) is 2.76. The molecule has 1 aromatic rings. The van der Waals surface area contributed by atoms with Crippen molar-refractivity contribution in [1.29, 1.82) is 0 Å². The topological polar surface area (TPSA) is 95.7 Å². The Morgan fingerprint density at radius 3 is 2.65 bits per heavy atom. The van der Waals surface area contributed by atoms with Crippen molar-refractivity contribution in [3.63, 3.8) is 0 Å². The second-order valence-corrected chi connectivity index (χ2v) is 6.43. The highest BCUT2D eigenvalue weighted by Gasteiger charge is 2.38. The van der Waals surface area contributed by atoms with Crippen LogP contribution in [0.5, 0.6) is 0 Å². The molecule has 124 valence electrons. The van der Waals surface area contributed by atoms with Crippen LogP contribution in [-0.4, -0.2) is 40.6 Å². The first-order chi connectivity index (χ1) is 11.0. The van der Waals surface area contributed by atoms with Crippen molar-refractivity contribution in [2.75, 3.05) is 11.9 Å². The molecular formula is C17H23N3O3. The van der Waals surface area contributed by atoms with E-state index in [0.29, 0.717) is 0 Å². The first-order valence-electron chi connectivity index (χ1n) is 8.21. The number of primary amides is 1. The van der Waals surface area contributed by atoms with Crippen LogP contribution in [0.15, 0.2) is 18.2 Å². The number of β-amino-alcohol motifs (C(OH)–C–C–N with tert-alkyl or cyclic N) is 1. The number of hydrogen-bond acceptors (Lipinski definition) is 3. The molecule has 3 amide bonds. The molecule has 1 aromatic carbocycles. The van der Waals surface area contributed by atoms with Crippen molar-refractivity contribution in [3.8, 4) is 0 Å². The van der Waals surface area contributed by atoms with E-state index in [2.05, 4.69) is 11.4 Å². The van der Waals surface area contributed by atoms with E-state index < -0.39 is 18.2 Å². The highest BCUT2D eigenvalue weighted by molar-refractivity contribution is 5.97. The van der Waals surface area contributed by atoms with E-state index in [1.807, 2.05) is 12.1 Å². The van der Waals surface area contributed by atoms with Gasteiger partial charge in [0.05, 0.1) is 6.10 Å². The molecule has 6 heteroatoms. The molecule has 0 aromatic heterocycles. The number of aliphatic hydroxyl groups excluding tert-OH is 1. The van der Waals surface area contributed by atoms with Crippen molar-refractivity contribution in [2.45, 2.75) is 50.7 Å². The van der Waals surface area contributed by atoms with E-state index >= 15 is 0 Å². The molecule has 3 rings (SSSR count). The van der Waals surface area contributed by atoms with Crippen LogP contribution < -0.4 is 11.1 Å². The summed E-state index contributed by atoms with van der Waals surface area (Å²) in [6, 6.07) is 4.62. The van der Waals surface area contributed by atoms with Gasteiger partial charge in [-0.15, -0.1) is 0 Å². The second kappa shape index (κ2) is 6.58. The Balaban J connectivity index is 1.72. The normalized spacial score (nSPS) is 24.0. The van der Waals surface area contributed by atoms with Crippen LogP contribution in [0.4, 0.5) is 10.5 Å². The Kier molecular flexibility index (Phi) is 4.52. The molecule has 0 radical (unpaired) electrons. The quantitative estimate of drug-likeness (QED) is 0.720. The Morgan fingerprint density at radius 2 is 1.91 bits per heavy atom. The van der Waals surface area contributed by atoms with Gasteiger partial charge in [-0.05, 0) is 48.9 Å². The summed E-state index contributed by atoms with van der Waals surface area (Å²) < 4.78 is 0. The first-order valence-corrected chi connectivity index (χ1v) is 8.21. The summed E-state index contributed by atoms with van der Waals surface area (Å²) in [6.45, 7) is 0.109. The molecule has 1 saturated heterocycles. The molecular weight excluding hydrogens is 294 g/mol. The number of nitrogens with zero attached hydrogens (tertiary/aromatic N) is 1. The number of fused-ring (bicyclic) bond motifs is 1. The zero-order valence-corrected chi connectivity index (χ0v) is 13.1. The maximum atomic E-state index is 12.4. The third-order valence-corrected chi connectivity index (χ3v) is 4.73. The average molecular weight is 317 g/mol. The van der Waals surface area contributed by atoms with Crippen LogP contribution >= 0.6 is 0 Å². The highest BCUT2D eigenvalue weighted by Crippen LogP contribution is 2.25. The maximum absolute atomic E-state index is 12.4. The lowest BCUT2D eigenvalue weighted by Crippen LogP contribution is -2.45. The number of rotatable bonds is 2. The highest BCUT2D eigenvalue weighted by atomic mass is 16.3. The van der Waals surface area contributed by atoms with Crippen LogP contribution in [0, 0.1) is 0 Å². The summed E-state index contributed by atoms with van der Waals surface area (Å²) >= 11 is 0. The number of benzene rings is 1. The Hall–Kier alpha value is -2.08. The third-order valence-electron chi connectivity index (χ3n) is 4.73. The largest absolute Gasteiger partial charge is 0.391 e. The summed E-state index contributed by atoms with van der Waals surface area (Å²) in [5.41, 5.74) is 8.67. The predicted octanol–water partition coefficient (Wildman–Crippen LogP) is 1.41. The van der Waals surface area contributed by atoms with Crippen LogP contribution in [0.3, 0.4) is 0 Å². The number of aryl methyl sites for hydroxylation is 2. The molecule has 23 heavy (non-hydrogen) atoms. The fraction of sp³-hybridized carbons (Fsp3) is 0.529. The van der Waals surface area contributed by atoms with Crippen molar-refractivity contribution >= 4 is 17.6 Å². The predicted molar refractivity (Wildman–Crippen MR) is 87.0 cm³/mol.